The summed E-state index contributed by atoms with van der Waals surface area (Å²) in [6, 6.07) is 4.85. The number of halogens is 3. The van der Waals surface area contributed by atoms with Crippen molar-refractivity contribution in [2.75, 3.05) is 13.3 Å². The van der Waals surface area contributed by atoms with Crippen LogP contribution < -0.4 is 9.47 Å². The summed E-state index contributed by atoms with van der Waals surface area (Å²) in [4.78, 5) is 12.6. The first-order valence-electron chi connectivity index (χ1n) is 10.6. The molecule has 32 heavy (non-hydrogen) atoms. The summed E-state index contributed by atoms with van der Waals surface area (Å²) in [5, 5.41) is 8.88. The van der Waals surface area contributed by atoms with E-state index in [2.05, 4.69) is 0 Å². The molecular formula is C24H26F3NO4. The number of nitrogens with zero attached hydrogens (tertiary/aromatic N) is 1. The zero-order chi connectivity index (χ0) is 23.2. The van der Waals surface area contributed by atoms with Crippen LogP contribution in [0, 0.1) is 11.6 Å². The Bertz CT molecular complexity index is 1030. The molecule has 2 atom stereocenters. The van der Waals surface area contributed by atoms with Gasteiger partial charge in [-0.3, -0.25) is 9.69 Å². The second kappa shape index (κ2) is 8.31. The number of rotatable bonds is 6. The van der Waals surface area contributed by atoms with E-state index in [0.29, 0.717) is 23.5 Å². The molecule has 0 fully saturated rings. The molecule has 0 radical (unpaired) electrons. The van der Waals surface area contributed by atoms with E-state index in [1.807, 2.05) is 13.0 Å². The lowest BCUT2D eigenvalue weighted by Gasteiger charge is -2.44. The molecule has 0 bridgehead atoms. The minimum atomic E-state index is -1.59. The third-order valence-corrected chi connectivity index (χ3v) is 5.94. The van der Waals surface area contributed by atoms with Gasteiger partial charge in [0.2, 0.25) is 6.79 Å². The number of alkyl halides is 1. The quantitative estimate of drug-likeness (QED) is 0.687. The van der Waals surface area contributed by atoms with Gasteiger partial charge in [0.15, 0.2) is 11.5 Å². The number of hydrogen-bond donors (Lipinski definition) is 1. The number of aliphatic carboxylic acids is 1. The molecule has 4 rings (SSSR count). The summed E-state index contributed by atoms with van der Waals surface area (Å²) >= 11 is 0. The van der Waals surface area contributed by atoms with Crippen molar-refractivity contribution in [2.45, 2.75) is 57.8 Å². The minimum Gasteiger partial charge on any atom is -0.481 e. The molecule has 2 aliphatic heterocycles. The second-order valence-electron chi connectivity index (χ2n) is 9.12. The number of carboxylic acids is 1. The van der Waals surface area contributed by atoms with E-state index < -0.39 is 29.3 Å². The highest BCUT2D eigenvalue weighted by molar-refractivity contribution is 5.67. The van der Waals surface area contributed by atoms with Gasteiger partial charge < -0.3 is 14.6 Å². The van der Waals surface area contributed by atoms with Gasteiger partial charge in [-0.1, -0.05) is 0 Å². The van der Waals surface area contributed by atoms with Gasteiger partial charge in [0.1, 0.15) is 17.3 Å². The van der Waals surface area contributed by atoms with Crippen molar-refractivity contribution in [2.24, 2.45) is 0 Å². The Kier molecular flexibility index (Phi) is 5.83. The van der Waals surface area contributed by atoms with Gasteiger partial charge in [-0.05, 0) is 74.6 Å². The van der Waals surface area contributed by atoms with Crippen molar-refractivity contribution >= 4 is 5.97 Å². The summed E-state index contributed by atoms with van der Waals surface area (Å²) < 4.78 is 56.4. The molecule has 172 valence electrons. The number of carbonyl (C=O) groups is 1. The Labute approximate surface area is 184 Å². The molecule has 0 unspecified atom stereocenters. The second-order valence-corrected chi connectivity index (χ2v) is 9.12. The van der Waals surface area contributed by atoms with E-state index in [4.69, 9.17) is 14.6 Å². The van der Waals surface area contributed by atoms with Crippen molar-refractivity contribution in [1.82, 2.24) is 4.90 Å². The Morgan fingerprint density at radius 2 is 1.78 bits per heavy atom. The molecule has 0 spiro atoms. The van der Waals surface area contributed by atoms with Crippen LogP contribution in [0.4, 0.5) is 13.2 Å². The standard InChI is InChI=1S/C24H26F3NO4/c1-13-6-15-9-19-20(32-12-31-19)10-16(15)23(28(13)11-24(2,3)27)22-17(25)7-14(8-18(22)26)4-5-21(29)30/h7-10,13,23H,4-6,11-12H2,1-3H3,(H,29,30)/t13-,23+/m0/s1. The molecule has 1 N–H and O–H groups in total. The predicted molar refractivity (Wildman–Crippen MR) is 112 cm³/mol. The summed E-state index contributed by atoms with van der Waals surface area (Å²) in [6.45, 7) is 4.83. The number of benzene rings is 2. The number of aryl methyl sites for hydroxylation is 1. The largest absolute Gasteiger partial charge is 0.481 e. The molecular weight excluding hydrogens is 423 g/mol. The smallest absolute Gasteiger partial charge is 0.303 e. The SMILES string of the molecule is C[C@H]1Cc2cc3c(cc2[C@H](c2c(F)cc(CCC(=O)O)cc2F)N1CC(C)(C)F)OCO3. The van der Waals surface area contributed by atoms with E-state index >= 15 is 8.78 Å². The van der Waals surface area contributed by atoms with Gasteiger partial charge in [0.25, 0.3) is 0 Å². The van der Waals surface area contributed by atoms with Gasteiger partial charge in [0, 0.05) is 24.6 Å². The topological polar surface area (TPSA) is 59.0 Å². The van der Waals surface area contributed by atoms with Crippen LogP contribution in [-0.2, 0) is 17.6 Å². The van der Waals surface area contributed by atoms with Crippen LogP contribution in [0.15, 0.2) is 24.3 Å². The van der Waals surface area contributed by atoms with Crippen LogP contribution in [0.3, 0.4) is 0 Å². The lowest BCUT2D eigenvalue weighted by Crippen LogP contribution is -2.48. The van der Waals surface area contributed by atoms with E-state index in [-0.39, 0.29) is 43.3 Å². The van der Waals surface area contributed by atoms with Crippen molar-refractivity contribution in [3.63, 3.8) is 0 Å². The summed E-state index contributed by atoms with van der Waals surface area (Å²) in [5.74, 6) is -1.54. The molecule has 8 heteroatoms. The zero-order valence-corrected chi connectivity index (χ0v) is 18.3. The number of ether oxygens (including phenoxy) is 2. The summed E-state index contributed by atoms with van der Waals surface area (Å²) in [7, 11) is 0. The first-order valence-corrected chi connectivity index (χ1v) is 10.6. The monoisotopic (exact) mass is 449 g/mol. The molecule has 0 amide bonds. The van der Waals surface area contributed by atoms with Gasteiger partial charge in [-0.25, -0.2) is 13.2 Å². The first-order chi connectivity index (χ1) is 15.0. The molecule has 0 aromatic heterocycles. The van der Waals surface area contributed by atoms with E-state index in [1.54, 1.807) is 11.0 Å². The van der Waals surface area contributed by atoms with Gasteiger partial charge in [-0.2, -0.15) is 0 Å². The number of hydrogen-bond acceptors (Lipinski definition) is 4. The van der Waals surface area contributed by atoms with E-state index in [9.17, 15) is 9.18 Å². The maximum absolute atomic E-state index is 15.4. The normalized spacial score (nSPS) is 20.3. The van der Waals surface area contributed by atoms with Crippen LogP contribution in [0.5, 0.6) is 11.5 Å². The van der Waals surface area contributed by atoms with Gasteiger partial charge in [0.05, 0.1) is 6.04 Å². The molecule has 2 aromatic rings. The van der Waals surface area contributed by atoms with Crippen LogP contribution in [0.25, 0.3) is 0 Å². The Hall–Kier alpha value is -2.74. The highest BCUT2D eigenvalue weighted by Crippen LogP contribution is 2.46. The molecule has 2 heterocycles. The zero-order valence-electron chi connectivity index (χ0n) is 18.3. The molecule has 2 aromatic carbocycles. The maximum atomic E-state index is 15.4. The van der Waals surface area contributed by atoms with E-state index in [1.165, 1.54) is 26.0 Å². The van der Waals surface area contributed by atoms with Crippen LogP contribution in [0.1, 0.15) is 55.5 Å². The van der Waals surface area contributed by atoms with E-state index in [0.717, 1.165) is 5.56 Å². The Balaban J connectivity index is 1.84. The fraction of sp³-hybridized carbons (Fsp3) is 0.458. The van der Waals surface area contributed by atoms with Crippen molar-refractivity contribution in [3.8, 4) is 11.5 Å². The Morgan fingerprint density at radius 1 is 1.16 bits per heavy atom. The molecule has 0 saturated carbocycles. The van der Waals surface area contributed by atoms with Crippen LogP contribution in [0.2, 0.25) is 0 Å². The average Bonchev–Trinajstić information content (AvgIpc) is 3.13. The third-order valence-electron chi connectivity index (χ3n) is 5.94. The first kappa shape index (κ1) is 22.5. The molecule has 5 nitrogen and oxygen atoms in total. The van der Waals surface area contributed by atoms with Crippen molar-refractivity contribution < 1.29 is 32.5 Å². The lowest BCUT2D eigenvalue weighted by atomic mass is 9.83. The fourth-order valence-electron chi connectivity index (χ4n) is 4.60. The highest BCUT2D eigenvalue weighted by atomic mass is 19.1. The highest BCUT2D eigenvalue weighted by Gasteiger charge is 2.40. The van der Waals surface area contributed by atoms with Gasteiger partial charge in [-0.15, -0.1) is 0 Å². The van der Waals surface area contributed by atoms with Crippen LogP contribution in [-0.4, -0.2) is 41.0 Å². The summed E-state index contributed by atoms with van der Waals surface area (Å²) in [5.41, 5.74) is 0.00809. The van der Waals surface area contributed by atoms with Crippen molar-refractivity contribution in [3.05, 3.63) is 58.2 Å². The molecule has 0 saturated heterocycles. The van der Waals surface area contributed by atoms with Gasteiger partial charge >= 0.3 is 5.97 Å². The minimum absolute atomic E-state index is 0.0149. The third kappa shape index (κ3) is 4.41. The van der Waals surface area contributed by atoms with Crippen LogP contribution >= 0.6 is 0 Å². The summed E-state index contributed by atoms with van der Waals surface area (Å²) in [6.07, 6.45) is 0.354. The number of fused-ring (bicyclic) bond motifs is 2. The lowest BCUT2D eigenvalue weighted by molar-refractivity contribution is -0.136. The Morgan fingerprint density at radius 3 is 2.38 bits per heavy atom. The average molecular weight is 449 g/mol. The fourth-order valence-corrected chi connectivity index (χ4v) is 4.60. The van der Waals surface area contributed by atoms with Crippen molar-refractivity contribution in [1.29, 1.82) is 0 Å². The molecule has 2 aliphatic rings. The predicted octanol–water partition coefficient (Wildman–Crippen LogP) is 4.79. The number of carboxylic acid groups (broad SMARTS) is 1. The maximum Gasteiger partial charge on any atom is 0.303 e. The molecule has 0 aliphatic carbocycles.